The third-order valence-corrected chi connectivity index (χ3v) is 5.87. The Morgan fingerprint density at radius 3 is 1.07 bits per heavy atom. The van der Waals surface area contributed by atoms with Crippen LogP contribution in [0.15, 0.2) is 121 Å². The molecule has 15 heteroatoms. The molecule has 296 valence electrons. The van der Waals surface area contributed by atoms with E-state index in [0.29, 0.717) is 11.4 Å². The molecule has 1 aliphatic heterocycles. The molecule has 4 N–H and O–H groups in total. The summed E-state index contributed by atoms with van der Waals surface area (Å²) in [6.07, 6.45) is -1.13. The van der Waals surface area contributed by atoms with Gasteiger partial charge in [0.05, 0.1) is 11.4 Å². The van der Waals surface area contributed by atoms with Crippen LogP contribution in [0.5, 0.6) is 0 Å². The van der Waals surface area contributed by atoms with Gasteiger partial charge in [-0.3, -0.25) is 28.8 Å². The summed E-state index contributed by atoms with van der Waals surface area (Å²) in [7, 11) is 0. The highest BCUT2D eigenvalue weighted by Crippen LogP contribution is 2.25. The molecule has 1 saturated heterocycles. The molecule has 1 heterocycles. The summed E-state index contributed by atoms with van der Waals surface area (Å²) in [5.74, 6) is -4.77. The van der Waals surface area contributed by atoms with Gasteiger partial charge < -0.3 is 25.6 Å². The lowest BCUT2D eigenvalue weighted by atomic mass is 10.2. The van der Waals surface area contributed by atoms with Crippen LogP contribution in [0.4, 0.5) is 32.3 Å². The summed E-state index contributed by atoms with van der Waals surface area (Å²) in [4.78, 5) is 88.8. The third kappa shape index (κ3) is 19.9. The van der Waals surface area contributed by atoms with Gasteiger partial charge in [0.15, 0.2) is 0 Å². The number of nitrogens with one attached hydrogen (secondary N) is 2. The van der Waals surface area contributed by atoms with Gasteiger partial charge in [0.2, 0.25) is 11.8 Å². The van der Waals surface area contributed by atoms with E-state index in [1.807, 2.05) is 60.7 Å². The number of rotatable bonds is 6. The van der Waals surface area contributed by atoms with Crippen molar-refractivity contribution in [2.24, 2.45) is 0 Å². The SMILES string of the molecule is C.C.C.C.CC(=O)OC(C)=O.O=C(Nc1ccccc1)Nc1ccccc1.O=C(O)CC(=O)O.O=C1CC(=O)N(c2ccccc2)C(=O)N1c1ccccc1. The second-order valence-electron chi connectivity index (χ2n) is 9.95. The monoisotopic (exact) mass is 762 g/mol. The second kappa shape index (κ2) is 27.5. The maximum atomic E-state index is 12.6. The van der Waals surface area contributed by atoms with Crippen molar-refractivity contribution < 1.29 is 53.3 Å². The minimum atomic E-state index is -1.31. The number of aliphatic carboxylic acids is 2. The lowest BCUT2D eigenvalue weighted by Gasteiger charge is -2.32. The molecule has 0 aromatic heterocycles. The Bertz CT molecular complexity index is 1650. The van der Waals surface area contributed by atoms with Crippen molar-refractivity contribution in [1.82, 2.24) is 0 Å². The van der Waals surface area contributed by atoms with E-state index in [1.54, 1.807) is 60.7 Å². The van der Waals surface area contributed by atoms with Crippen molar-refractivity contribution in [3.8, 4) is 0 Å². The first-order valence-corrected chi connectivity index (χ1v) is 14.9. The van der Waals surface area contributed by atoms with Gasteiger partial charge in [-0.15, -0.1) is 0 Å². The number of urea groups is 2. The van der Waals surface area contributed by atoms with Gasteiger partial charge in [0, 0.05) is 25.2 Å². The minimum absolute atomic E-state index is 0. The summed E-state index contributed by atoms with van der Waals surface area (Å²) in [5, 5.41) is 20.9. The normalized spacial score (nSPS) is 10.7. The summed E-state index contributed by atoms with van der Waals surface area (Å²) in [6, 6.07) is 34.9. The molecule has 4 aromatic rings. The van der Waals surface area contributed by atoms with Crippen LogP contribution in [0.3, 0.4) is 0 Å². The number of esters is 2. The molecule has 0 radical (unpaired) electrons. The number of ether oxygens (including phenoxy) is 1. The molecule has 1 fully saturated rings. The molecule has 0 unspecified atom stereocenters. The quantitative estimate of drug-likeness (QED) is 0.109. The van der Waals surface area contributed by atoms with Crippen molar-refractivity contribution in [2.45, 2.75) is 56.4 Å². The van der Waals surface area contributed by atoms with Gasteiger partial charge in [-0.1, -0.05) is 103 Å². The van der Waals surface area contributed by atoms with E-state index in [4.69, 9.17) is 10.2 Å². The Hall–Kier alpha value is -7.16. The number of anilines is 4. The van der Waals surface area contributed by atoms with E-state index in [-0.39, 0.29) is 42.2 Å². The zero-order valence-electron chi connectivity index (χ0n) is 27.4. The van der Waals surface area contributed by atoms with Crippen molar-refractivity contribution >= 4 is 70.5 Å². The highest BCUT2D eigenvalue weighted by Gasteiger charge is 2.39. The van der Waals surface area contributed by atoms with Gasteiger partial charge in [-0.05, 0) is 48.5 Å². The molecule has 6 amide bonds. The Morgan fingerprint density at radius 2 is 0.836 bits per heavy atom. The number of imide groups is 2. The van der Waals surface area contributed by atoms with Crippen molar-refractivity contribution in [1.29, 1.82) is 0 Å². The number of carboxylic acids is 2. The van der Waals surface area contributed by atoms with Crippen molar-refractivity contribution in [3.05, 3.63) is 121 Å². The average Bonchev–Trinajstić information content (AvgIpc) is 3.06. The molecule has 0 saturated carbocycles. The number of barbiturate groups is 1. The highest BCUT2D eigenvalue weighted by atomic mass is 16.6. The van der Waals surface area contributed by atoms with Gasteiger partial charge in [-0.25, -0.2) is 19.4 Å². The Kier molecular flexibility index (Phi) is 26.1. The topological polar surface area (TPSA) is 217 Å². The number of benzene rings is 4. The predicted molar refractivity (Wildman–Crippen MR) is 213 cm³/mol. The van der Waals surface area contributed by atoms with Crippen molar-refractivity contribution in [2.75, 3.05) is 20.4 Å². The van der Waals surface area contributed by atoms with Gasteiger partial charge in [-0.2, -0.15) is 0 Å². The fraction of sp³-hybridized carbons (Fsp3) is 0.200. The summed E-state index contributed by atoms with van der Waals surface area (Å²) in [6.45, 7) is 2.36. The zero-order chi connectivity index (χ0) is 37.8. The third-order valence-electron chi connectivity index (χ3n) is 5.87. The van der Waals surface area contributed by atoms with Crippen LogP contribution in [0.25, 0.3) is 0 Å². The van der Waals surface area contributed by atoms with Crippen LogP contribution in [0.2, 0.25) is 0 Å². The number of carbonyl (C=O) groups excluding carboxylic acids is 6. The highest BCUT2D eigenvalue weighted by molar-refractivity contribution is 6.35. The lowest BCUT2D eigenvalue weighted by molar-refractivity contribution is -0.156. The number of para-hydroxylation sites is 4. The van der Waals surface area contributed by atoms with Gasteiger partial charge >= 0.3 is 35.9 Å². The molecule has 1 aliphatic rings. The molecular weight excluding hydrogens is 712 g/mol. The van der Waals surface area contributed by atoms with E-state index < -0.39 is 48.1 Å². The first kappa shape index (κ1) is 52.2. The fourth-order valence-corrected chi connectivity index (χ4v) is 3.93. The average molecular weight is 763 g/mol. The standard InChI is InChI=1S/C16H12N2O3.C13H12N2O.C4H6O3.C3H4O4.4CH4/c19-14-11-15(20)18(13-9-5-2-6-10-13)16(21)17(14)12-7-3-1-4-8-12;16-13(14-11-7-3-1-4-8-11)15-12-9-5-2-6-10-12;1-3(5)7-4(2)6;4-2(5)1-3(6)7;;;;/h1-10H,11H2;1-10H,(H2,14,15,16);1-2H3;1H2,(H,4,5)(H,6,7);4*1H4. The first-order chi connectivity index (χ1) is 24.3. The summed E-state index contributed by atoms with van der Waals surface area (Å²) in [5.41, 5.74) is 2.47. The van der Waals surface area contributed by atoms with E-state index in [1.165, 1.54) is 13.8 Å². The van der Waals surface area contributed by atoms with E-state index in [2.05, 4.69) is 15.4 Å². The number of carboxylic acid groups (broad SMARTS) is 2. The number of amides is 6. The molecule has 55 heavy (non-hydrogen) atoms. The Balaban J connectivity index is -0.000000708. The number of carbonyl (C=O) groups is 8. The molecule has 0 atom stereocenters. The predicted octanol–water partition coefficient (Wildman–Crippen LogP) is 8.09. The maximum absolute atomic E-state index is 12.6. The number of hydrogen-bond donors (Lipinski definition) is 4. The van der Waals surface area contributed by atoms with E-state index >= 15 is 0 Å². The van der Waals surface area contributed by atoms with Crippen LogP contribution in [-0.4, -0.2) is 58.0 Å². The molecular formula is C40H50N4O11. The fourth-order valence-electron chi connectivity index (χ4n) is 3.93. The first-order valence-electron chi connectivity index (χ1n) is 14.9. The van der Waals surface area contributed by atoms with Gasteiger partial charge in [0.25, 0.3) is 0 Å². The molecule has 0 spiro atoms. The largest absolute Gasteiger partial charge is 0.481 e. The molecule has 0 aliphatic carbocycles. The Labute approximate surface area is 321 Å². The zero-order valence-corrected chi connectivity index (χ0v) is 27.4. The minimum Gasteiger partial charge on any atom is -0.481 e. The number of nitrogens with zero attached hydrogens (tertiary/aromatic N) is 2. The summed E-state index contributed by atoms with van der Waals surface area (Å²) >= 11 is 0. The lowest BCUT2D eigenvalue weighted by Crippen LogP contribution is -2.55. The van der Waals surface area contributed by atoms with Crippen LogP contribution >= 0.6 is 0 Å². The Morgan fingerprint density at radius 1 is 0.545 bits per heavy atom. The van der Waals surface area contributed by atoms with Gasteiger partial charge in [0.1, 0.15) is 12.8 Å². The smallest absolute Gasteiger partial charge is 0.342 e. The summed E-state index contributed by atoms with van der Waals surface area (Å²) < 4.78 is 3.97. The van der Waals surface area contributed by atoms with Crippen LogP contribution in [-0.2, 0) is 33.5 Å². The number of hydrogen-bond acceptors (Lipinski definition) is 9. The van der Waals surface area contributed by atoms with Crippen LogP contribution in [0, 0.1) is 0 Å². The van der Waals surface area contributed by atoms with E-state index in [9.17, 15) is 38.4 Å². The molecule has 5 rings (SSSR count). The molecule has 15 nitrogen and oxygen atoms in total. The molecule has 0 bridgehead atoms. The van der Waals surface area contributed by atoms with Crippen LogP contribution < -0.4 is 20.4 Å². The molecule has 4 aromatic carbocycles. The second-order valence-corrected chi connectivity index (χ2v) is 9.95. The van der Waals surface area contributed by atoms with Crippen LogP contribution in [0.1, 0.15) is 56.4 Å². The maximum Gasteiger partial charge on any atom is 0.342 e. The van der Waals surface area contributed by atoms with E-state index in [0.717, 1.165) is 21.2 Å². The van der Waals surface area contributed by atoms with Crippen molar-refractivity contribution in [3.63, 3.8) is 0 Å².